The molecule has 0 aromatic rings. The third kappa shape index (κ3) is 10.1. The fourth-order valence-electron chi connectivity index (χ4n) is 3.79. The van der Waals surface area contributed by atoms with Crippen molar-refractivity contribution in [1.29, 1.82) is 0 Å². The van der Waals surface area contributed by atoms with Crippen molar-refractivity contribution in [2.24, 2.45) is 10.4 Å². The maximum Gasteiger partial charge on any atom is 0.410 e. The zero-order valence-corrected chi connectivity index (χ0v) is 21.9. The number of ether oxygens (including phenoxy) is 2. The molecule has 31 heavy (non-hydrogen) atoms. The maximum absolute atomic E-state index is 12.1. The molecule has 10 heteroatoms. The van der Waals surface area contributed by atoms with Crippen LogP contribution in [0.15, 0.2) is 4.99 Å². The van der Waals surface area contributed by atoms with Crippen molar-refractivity contribution in [3.63, 3.8) is 0 Å². The standard InChI is InChI=1S/C21H41N5O4.HI/c1-20(2,3)30-19(28)26-12-10-25(11-13-26)9-5-8-23-18(22-4)24-16-21(6-14-27)7-15-29-17-21;/h27H,5-17H2,1-4H3,(H2,22,23,24);1H. The molecule has 3 N–H and O–H groups in total. The van der Waals surface area contributed by atoms with Crippen LogP contribution in [-0.4, -0.2) is 105 Å². The Kier molecular flexibility index (Phi) is 12.4. The number of hydrogen-bond donors (Lipinski definition) is 3. The van der Waals surface area contributed by atoms with Crippen LogP contribution in [0.25, 0.3) is 0 Å². The number of aliphatic hydroxyl groups excluding tert-OH is 1. The summed E-state index contributed by atoms with van der Waals surface area (Å²) in [5.74, 6) is 0.786. The lowest BCUT2D eigenvalue weighted by molar-refractivity contribution is 0.0145. The summed E-state index contributed by atoms with van der Waals surface area (Å²) in [5.41, 5.74) is -0.449. The Hall–Kier alpha value is -0.850. The molecule has 0 spiro atoms. The van der Waals surface area contributed by atoms with Crippen molar-refractivity contribution in [3.8, 4) is 0 Å². The Morgan fingerprint density at radius 1 is 1.23 bits per heavy atom. The van der Waals surface area contributed by atoms with Crippen LogP contribution < -0.4 is 10.6 Å². The van der Waals surface area contributed by atoms with Gasteiger partial charge in [-0.15, -0.1) is 24.0 Å². The van der Waals surface area contributed by atoms with Gasteiger partial charge < -0.3 is 30.1 Å². The third-order valence-electron chi connectivity index (χ3n) is 5.65. The summed E-state index contributed by atoms with van der Waals surface area (Å²) in [6, 6.07) is 0. The summed E-state index contributed by atoms with van der Waals surface area (Å²) in [7, 11) is 1.77. The fraction of sp³-hybridized carbons (Fsp3) is 0.905. The number of carbonyl (C=O) groups excluding carboxylic acids is 1. The third-order valence-corrected chi connectivity index (χ3v) is 5.65. The van der Waals surface area contributed by atoms with E-state index in [9.17, 15) is 9.90 Å². The van der Waals surface area contributed by atoms with E-state index in [1.165, 1.54) is 0 Å². The van der Waals surface area contributed by atoms with Crippen molar-refractivity contribution in [2.45, 2.75) is 45.6 Å². The number of hydrogen-bond acceptors (Lipinski definition) is 6. The lowest BCUT2D eigenvalue weighted by Gasteiger charge is -2.35. The molecular formula is C21H42IN5O4. The number of nitrogens with zero attached hydrogens (tertiary/aromatic N) is 3. The van der Waals surface area contributed by atoms with Crippen LogP contribution in [0, 0.1) is 5.41 Å². The van der Waals surface area contributed by atoms with E-state index in [2.05, 4.69) is 20.5 Å². The highest BCUT2D eigenvalue weighted by molar-refractivity contribution is 14.0. The van der Waals surface area contributed by atoms with E-state index in [0.29, 0.717) is 19.7 Å². The highest BCUT2D eigenvalue weighted by atomic mass is 127. The number of guanidine groups is 1. The van der Waals surface area contributed by atoms with E-state index in [1.807, 2.05) is 20.8 Å². The van der Waals surface area contributed by atoms with Gasteiger partial charge in [0.25, 0.3) is 0 Å². The molecule has 0 radical (unpaired) electrons. The predicted octanol–water partition coefficient (Wildman–Crippen LogP) is 1.50. The highest BCUT2D eigenvalue weighted by Gasteiger charge is 2.34. The minimum absolute atomic E-state index is 0. The molecule has 1 amide bonds. The average Bonchev–Trinajstić information content (AvgIpc) is 3.15. The van der Waals surface area contributed by atoms with Gasteiger partial charge in [0.1, 0.15) is 5.60 Å². The minimum Gasteiger partial charge on any atom is -0.444 e. The monoisotopic (exact) mass is 555 g/mol. The number of carbonyl (C=O) groups is 1. The van der Waals surface area contributed by atoms with E-state index < -0.39 is 5.60 Å². The van der Waals surface area contributed by atoms with E-state index in [1.54, 1.807) is 11.9 Å². The Morgan fingerprint density at radius 2 is 1.94 bits per heavy atom. The average molecular weight is 556 g/mol. The number of amides is 1. The lowest BCUT2D eigenvalue weighted by Crippen LogP contribution is -2.50. The van der Waals surface area contributed by atoms with Gasteiger partial charge in [0.2, 0.25) is 0 Å². The first-order valence-electron chi connectivity index (χ1n) is 11.1. The fourth-order valence-corrected chi connectivity index (χ4v) is 3.79. The molecule has 9 nitrogen and oxygen atoms in total. The molecule has 182 valence electrons. The summed E-state index contributed by atoms with van der Waals surface area (Å²) in [4.78, 5) is 20.6. The zero-order chi connectivity index (χ0) is 22.0. The molecular weight excluding hydrogens is 513 g/mol. The summed E-state index contributed by atoms with van der Waals surface area (Å²) < 4.78 is 11.0. The van der Waals surface area contributed by atoms with Crippen LogP contribution in [0.2, 0.25) is 0 Å². The Labute approximate surface area is 204 Å². The number of nitrogens with one attached hydrogen (secondary N) is 2. The van der Waals surface area contributed by atoms with Gasteiger partial charge in [0, 0.05) is 64.9 Å². The largest absolute Gasteiger partial charge is 0.444 e. The summed E-state index contributed by atoms with van der Waals surface area (Å²) in [6.45, 7) is 13.0. The van der Waals surface area contributed by atoms with Crippen molar-refractivity contribution in [2.75, 3.05) is 72.7 Å². The molecule has 0 saturated carbocycles. The molecule has 2 aliphatic rings. The SMILES string of the molecule is CN=C(NCCCN1CCN(C(=O)OC(C)(C)C)CC1)NCC1(CCO)CCOC1.I. The highest BCUT2D eigenvalue weighted by Crippen LogP contribution is 2.31. The van der Waals surface area contributed by atoms with Crippen LogP contribution in [0.1, 0.15) is 40.0 Å². The normalized spacial score (nSPS) is 22.7. The van der Waals surface area contributed by atoms with Crippen molar-refractivity contribution in [3.05, 3.63) is 0 Å². The van der Waals surface area contributed by atoms with Gasteiger partial charge in [-0.1, -0.05) is 0 Å². The van der Waals surface area contributed by atoms with Crippen LogP contribution in [0.3, 0.4) is 0 Å². The summed E-state index contributed by atoms with van der Waals surface area (Å²) >= 11 is 0. The van der Waals surface area contributed by atoms with Crippen LogP contribution >= 0.6 is 24.0 Å². The second-order valence-corrected chi connectivity index (χ2v) is 9.29. The van der Waals surface area contributed by atoms with Crippen LogP contribution in [0.5, 0.6) is 0 Å². The lowest BCUT2D eigenvalue weighted by atomic mass is 9.84. The maximum atomic E-state index is 12.1. The molecule has 2 saturated heterocycles. The number of aliphatic imine (C=N–C) groups is 1. The number of aliphatic hydroxyl groups is 1. The molecule has 0 aromatic heterocycles. The Balaban J connectivity index is 0.00000480. The van der Waals surface area contributed by atoms with Gasteiger partial charge in [-0.2, -0.15) is 0 Å². The molecule has 2 rings (SSSR count). The molecule has 0 aliphatic carbocycles. The smallest absolute Gasteiger partial charge is 0.410 e. The van der Waals surface area contributed by atoms with Crippen LogP contribution in [-0.2, 0) is 9.47 Å². The number of rotatable bonds is 8. The van der Waals surface area contributed by atoms with Gasteiger partial charge in [0.15, 0.2) is 5.96 Å². The zero-order valence-electron chi connectivity index (χ0n) is 19.6. The van der Waals surface area contributed by atoms with Gasteiger partial charge >= 0.3 is 6.09 Å². The van der Waals surface area contributed by atoms with E-state index in [0.717, 1.165) is 64.6 Å². The Morgan fingerprint density at radius 3 is 2.48 bits per heavy atom. The first kappa shape index (κ1) is 28.2. The molecule has 2 aliphatic heterocycles. The van der Waals surface area contributed by atoms with Crippen LogP contribution in [0.4, 0.5) is 4.79 Å². The molecule has 1 unspecified atom stereocenters. The van der Waals surface area contributed by atoms with Crippen molar-refractivity contribution >= 4 is 36.0 Å². The van der Waals surface area contributed by atoms with Gasteiger partial charge in [-0.25, -0.2) is 4.79 Å². The van der Waals surface area contributed by atoms with Gasteiger partial charge in [-0.3, -0.25) is 9.89 Å². The number of piperazine rings is 1. The van der Waals surface area contributed by atoms with E-state index >= 15 is 0 Å². The topological polar surface area (TPSA) is 98.7 Å². The Bertz CT molecular complexity index is 556. The van der Waals surface area contributed by atoms with Crippen molar-refractivity contribution < 1.29 is 19.4 Å². The first-order valence-corrected chi connectivity index (χ1v) is 11.1. The molecule has 1 atom stereocenters. The summed E-state index contributed by atoms with van der Waals surface area (Å²) in [6.07, 6.45) is 2.49. The van der Waals surface area contributed by atoms with E-state index in [-0.39, 0.29) is 42.1 Å². The number of halogens is 1. The van der Waals surface area contributed by atoms with Crippen molar-refractivity contribution in [1.82, 2.24) is 20.4 Å². The van der Waals surface area contributed by atoms with Gasteiger partial charge in [-0.05, 0) is 46.6 Å². The first-order chi connectivity index (χ1) is 14.3. The predicted molar refractivity (Wildman–Crippen MR) is 133 cm³/mol. The second kappa shape index (κ2) is 13.6. The molecule has 0 bridgehead atoms. The van der Waals surface area contributed by atoms with Gasteiger partial charge in [0.05, 0.1) is 6.61 Å². The molecule has 0 aromatic carbocycles. The minimum atomic E-state index is -0.449. The molecule has 2 heterocycles. The quantitative estimate of drug-likeness (QED) is 0.181. The molecule has 2 fully saturated rings. The second-order valence-electron chi connectivity index (χ2n) is 9.29. The summed E-state index contributed by atoms with van der Waals surface area (Å²) in [5, 5.41) is 16.1. The van der Waals surface area contributed by atoms with E-state index in [4.69, 9.17) is 9.47 Å².